The minimum absolute atomic E-state index is 0.0351. The molecule has 1 amide bonds. The molecule has 0 saturated carbocycles. The van der Waals surface area contributed by atoms with Crippen LogP contribution in [-0.4, -0.2) is 49.5 Å². The zero-order valence-corrected chi connectivity index (χ0v) is 11.5. The number of piperazine rings is 1. The summed E-state index contributed by atoms with van der Waals surface area (Å²) >= 11 is 0. The van der Waals surface area contributed by atoms with Gasteiger partial charge in [-0.25, -0.2) is 0 Å². The number of esters is 1. The SMILES string of the molecule is CC(=O)Oc1ccc(NC(=O)CN2CCNCC2)cc1. The van der Waals surface area contributed by atoms with E-state index >= 15 is 0 Å². The molecule has 1 fully saturated rings. The van der Waals surface area contributed by atoms with Crippen LogP contribution in [0.2, 0.25) is 0 Å². The number of hydrogen-bond donors (Lipinski definition) is 2. The van der Waals surface area contributed by atoms with Gasteiger partial charge in [0.2, 0.25) is 5.91 Å². The Labute approximate surface area is 118 Å². The molecule has 0 radical (unpaired) electrons. The second-order valence-corrected chi connectivity index (χ2v) is 4.69. The average Bonchev–Trinajstić information content (AvgIpc) is 2.41. The van der Waals surface area contributed by atoms with Crippen molar-refractivity contribution in [3.63, 3.8) is 0 Å². The highest BCUT2D eigenvalue weighted by atomic mass is 16.5. The van der Waals surface area contributed by atoms with Gasteiger partial charge in [0.25, 0.3) is 0 Å². The van der Waals surface area contributed by atoms with Crippen LogP contribution in [0.4, 0.5) is 5.69 Å². The average molecular weight is 277 g/mol. The Hall–Kier alpha value is -1.92. The molecule has 0 aliphatic carbocycles. The van der Waals surface area contributed by atoms with Crippen LogP contribution in [0.25, 0.3) is 0 Å². The van der Waals surface area contributed by atoms with Crippen molar-refractivity contribution in [1.82, 2.24) is 10.2 Å². The first-order valence-corrected chi connectivity index (χ1v) is 6.65. The van der Waals surface area contributed by atoms with Crippen molar-refractivity contribution in [2.75, 3.05) is 38.0 Å². The molecule has 1 aromatic carbocycles. The van der Waals surface area contributed by atoms with Crippen molar-refractivity contribution in [1.29, 1.82) is 0 Å². The van der Waals surface area contributed by atoms with Gasteiger partial charge in [-0.1, -0.05) is 0 Å². The maximum absolute atomic E-state index is 11.9. The molecule has 108 valence electrons. The number of benzene rings is 1. The Kier molecular flexibility index (Phi) is 5.09. The lowest BCUT2D eigenvalue weighted by Crippen LogP contribution is -2.46. The van der Waals surface area contributed by atoms with Gasteiger partial charge in [0, 0.05) is 38.8 Å². The smallest absolute Gasteiger partial charge is 0.308 e. The number of carbonyl (C=O) groups excluding carboxylic acids is 2. The fourth-order valence-electron chi connectivity index (χ4n) is 2.05. The summed E-state index contributed by atoms with van der Waals surface area (Å²) in [5.74, 6) is 0.0743. The third-order valence-corrected chi connectivity index (χ3v) is 2.98. The summed E-state index contributed by atoms with van der Waals surface area (Å²) in [4.78, 5) is 24.8. The first-order valence-electron chi connectivity index (χ1n) is 6.65. The molecule has 1 heterocycles. The minimum atomic E-state index is -0.361. The van der Waals surface area contributed by atoms with E-state index in [0.717, 1.165) is 26.2 Å². The van der Waals surface area contributed by atoms with Crippen LogP contribution in [0.1, 0.15) is 6.92 Å². The second kappa shape index (κ2) is 7.02. The fraction of sp³-hybridized carbons (Fsp3) is 0.429. The summed E-state index contributed by atoms with van der Waals surface area (Å²) in [6, 6.07) is 6.74. The number of carbonyl (C=O) groups is 2. The predicted molar refractivity (Wildman–Crippen MR) is 75.7 cm³/mol. The fourth-order valence-corrected chi connectivity index (χ4v) is 2.05. The third-order valence-electron chi connectivity index (χ3n) is 2.98. The number of amides is 1. The molecule has 0 atom stereocenters. The van der Waals surface area contributed by atoms with E-state index < -0.39 is 0 Å². The zero-order valence-electron chi connectivity index (χ0n) is 11.5. The molecule has 20 heavy (non-hydrogen) atoms. The topological polar surface area (TPSA) is 70.7 Å². The molecule has 6 nitrogen and oxygen atoms in total. The molecule has 1 saturated heterocycles. The van der Waals surface area contributed by atoms with E-state index in [4.69, 9.17) is 4.74 Å². The van der Waals surface area contributed by atoms with Gasteiger partial charge in [-0.2, -0.15) is 0 Å². The number of anilines is 1. The molecule has 2 rings (SSSR count). The lowest BCUT2D eigenvalue weighted by atomic mass is 10.3. The lowest BCUT2D eigenvalue weighted by molar-refractivity contribution is -0.131. The van der Waals surface area contributed by atoms with E-state index in [1.165, 1.54) is 6.92 Å². The third kappa shape index (κ3) is 4.64. The maximum Gasteiger partial charge on any atom is 0.308 e. The van der Waals surface area contributed by atoms with Crippen LogP contribution < -0.4 is 15.4 Å². The van der Waals surface area contributed by atoms with E-state index in [1.807, 2.05) is 0 Å². The Bertz CT molecular complexity index is 467. The minimum Gasteiger partial charge on any atom is -0.427 e. The van der Waals surface area contributed by atoms with Gasteiger partial charge in [0.15, 0.2) is 0 Å². The quantitative estimate of drug-likeness (QED) is 0.618. The van der Waals surface area contributed by atoms with Gasteiger partial charge in [0.05, 0.1) is 6.54 Å². The highest BCUT2D eigenvalue weighted by molar-refractivity contribution is 5.92. The number of hydrogen-bond acceptors (Lipinski definition) is 5. The van der Waals surface area contributed by atoms with Gasteiger partial charge in [-0.3, -0.25) is 14.5 Å². The molecule has 0 spiro atoms. The van der Waals surface area contributed by atoms with E-state index in [0.29, 0.717) is 18.0 Å². The van der Waals surface area contributed by atoms with Crippen LogP contribution in [-0.2, 0) is 9.59 Å². The van der Waals surface area contributed by atoms with Crippen molar-refractivity contribution in [2.24, 2.45) is 0 Å². The molecular weight excluding hydrogens is 258 g/mol. The monoisotopic (exact) mass is 277 g/mol. The van der Waals surface area contributed by atoms with E-state index in [1.54, 1.807) is 24.3 Å². The summed E-state index contributed by atoms with van der Waals surface area (Å²) in [6.45, 7) is 5.36. The van der Waals surface area contributed by atoms with Crippen molar-refractivity contribution in [3.8, 4) is 5.75 Å². The van der Waals surface area contributed by atoms with E-state index in [-0.39, 0.29) is 11.9 Å². The molecule has 1 aliphatic rings. The van der Waals surface area contributed by atoms with Crippen molar-refractivity contribution < 1.29 is 14.3 Å². The van der Waals surface area contributed by atoms with Gasteiger partial charge in [0.1, 0.15) is 5.75 Å². The molecular formula is C14H19N3O3. The Balaban J connectivity index is 1.82. The Morgan fingerprint density at radius 1 is 1.25 bits per heavy atom. The highest BCUT2D eigenvalue weighted by Gasteiger charge is 2.13. The molecule has 0 unspecified atom stereocenters. The molecule has 0 aromatic heterocycles. The standard InChI is InChI=1S/C14H19N3O3/c1-11(18)20-13-4-2-12(3-5-13)16-14(19)10-17-8-6-15-7-9-17/h2-5,15H,6-10H2,1H3,(H,16,19). The molecule has 1 aliphatic heterocycles. The number of nitrogens with one attached hydrogen (secondary N) is 2. The summed E-state index contributed by atoms with van der Waals surface area (Å²) in [5, 5.41) is 6.07. The van der Waals surface area contributed by atoms with Crippen molar-refractivity contribution in [2.45, 2.75) is 6.92 Å². The van der Waals surface area contributed by atoms with Crippen molar-refractivity contribution in [3.05, 3.63) is 24.3 Å². The predicted octanol–water partition coefficient (Wildman–Crippen LogP) is 0.456. The van der Waals surface area contributed by atoms with Crippen LogP contribution in [0.3, 0.4) is 0 Å². The van der Waals surface area contributed by atoms with Crippen molar-refractivity contribution >= 4 is 17.6 Å². The number of rotatable bonds is 4. The molecule has 1 aromatic rings. The van der Waals surface area contributed by atoms with E-state index in [9.17, 15) is 9.59 Å². The van der Waals surface area contributed by atoms with Crippen LogP contribution in [0, 0.1) is 0 Å². The van der Waals surface area contributed by atoms with Crippen LogP contribution in [0.5, 0.6) is 5.75 Å². The largest absolute Gasteiger partial charge is 0.427 e. The maximum atomic E-state index is 11.9. The van der Waals surface area contributed by atoms with Gasteiger partial charge >= 0.3 is 5.97 Å². The molecule has 2 N–H and O–H groups in total. The van der Waals surface area contributed by atoms with Gasteiger partial charge in [-0.05, 0) is 24.3 Å². The Morgan fingerprint density at radius 2 is 1.90 bits per heavy atom. The summed E-state index contributed by atoms with van der Waals surface area (Å²) in [5.41, 5.74) is 0.695. The van der Waals surface area contributed by atoms with Crippen LogP contribution in [0.15, 0.2) is 24.3 Å². The first-order chi connectivity index (χ1) is 9.63. The van der Waals surface area contributed by atoms with Crippen LogP contribution >= 0.6 is 0 Å². The van der Waals surface area contributed by atoms with Gasteiger partial charge in [-0.15, -0.1) is 0 Å². The Morgan fingerprint density at radius 3 is 2.50 bits per heavy atom. The lowest BCUT2D eigenvalue weighted by Gasteiger charge is -2.26. The summed E-state index contributed by atoms with van der Waals surface area (Å²) in [7, 11) is 0. The molecule has 6 heteroatoms. The zero-order chi connectivity index (χ0) is 14.4. The first kappa shape index (κ1) is 14.5. The van der Waals surface area contributed by atoms with E-state index in [2.05, 4.69) is 15.5 Å². The van der Waals surface area contributed by atoms with Gasteiger partial charge < -0.3 is 15.4 Å². The normalized spacial score (nSPS) is 15.7. The number of ether oxygens (including phenoxy) is 1. The number of nitrogens with zero attached hydrogens (tertiary/aromatic N) is 1. The second-order valence-electron chi connectivity index (χ2n) is 4.69. The highest BCUT2D eigenvalue weighted by Crippen LogP contribution is 2.15. The molecule has 0 bridgehead atoms. The summed E-state index contributed by atoms with van der Waals surface area (Å²) < 4.78 is 4.93. The summed E-state index contributed by atoms with van der Waals surface area (Å²) in [6.07, 6.45) is 0.